The predicted molar refractivity (Wildman–Crippen MR) is 89.0 cm³/mol. The molecular formula is C16H11ClF4N2O5. The van der Waals surface area contributed by atoms with E-state index in [9.17, 15) is 31.9 Å². The Morgan fingerprint density at radius 2 is 1.82 bits per heavy atom. The summed E-state index contributed by atoms with van der Waals surface area (Å²) >= 11 is 5.80. The third kappa shape index (κ3) is 3.93. The van der Waals surface area contributed by atoms with Crippen LogP contribution in [-0.4, -0.2) is 22.2 Å². The lowest BCUT2D eigenvalue weighted by molar-refractivity contribution is -0.144. The molecule has 0 aliphatic carbocycles. The van der Waals surface area contributed by atoms with Crippen LogP contribution < -0.4 is 16.0 Å². The molecule has 0 saturated heterocycles. The number of ether oxygens (including phenoxy) is 2. The van der Waals surface area contributed by atoms with E-state index in [2.05, 4.69) is 11.3 Å². The van der Waals surface area contributed by atoms with Crippen molar-refractivity contribution in [3.05, 3.63) is 67.9 Å². The second-order valence-electron chi connectivity index (χ2n) is 5.29. The van der Waals surface area contributed by atoms with Crippen LogP contribution in [-0.2, 0) is 22.8 Å². The molecule has 0 N–H and O–H groups in total. The van der Waals surface area contributed by atoms with Crippen molar-refractivity contribution >= 4 is 17.6 Å². The number of benzene rings is 1. The summed E-state index contributed by atoms with van der Waals surface area (Å²) in [5, 5.41) is -0.358. The van der Waals surface area contributed by atoms with Crippen molar-refractivity contribution in [2.24, 2.45) is 7.05 Å². The van der Waals surface area contributed by atoms with Crippen molar-refractivity contribution in [1.29, 1.82) is 0 Å². The van der Waals surface area contributed by atoms with E-state index in [0.29, 0.717) is 6.07 Å². The second-order valence-corrected chi connectivity index (χ2v) is 5.70. The summed E-state index contributed by atoms with van der Waals surface area (Å²) in [5.41, 5.74) is -5.15. The zero-order chi connectivity index (χ0) is 21.4. The van der Waals surface area contributed by atoms with Gasteiger partial charge in [-0.3, -0.25) is 9.36 Å². The highest BCUT2D eigenvalue weighted by Gasteiger charge is 2.35. The number of methoxy groups -OCH3 is 1. The van der Waals surface area contributed by atoms with Gasteiger partial charge in [0.1, 0.15) is 17.3 Å². The average Bonchev–Trinajstić information content (AvgIpc) is 2.59. The maximum Gasteiger partial charge on any atom is 0.431 e. The van der Waals surface area contributed by atoms with Crippen LogP contribution in [0.25, 0.3) is 5.69 Å². The summed E-state index contributed by atoms with van der Waals surface area (Å²) in [5.74, 6) is -3.11. The number of aromatic nitrogens is 2. The Labute approximate surface area is 159 Å². The quantitative estimate of drug-likeness (QED) is 0.327. The summed E-state index contributed by atoms with van der Waals surface area (Å²) in [6.07, 6.45) is -4.97. The van der Waals surface area contributed by atoms with Crippen LogP contribution >= 0.6 is 11.6 Å². The molecule has 0 bridgehead atoms. The molecule has 0 unspecified atom stereocenters. The van der Waals surface area contributed by atoms with Gasteiger partial charge >= 0.3 is 17.8 Å². The van der Waals surface area contributed by atoms with Crippen LogP contribution in [0, 0.1) is 5.82 Å². The van der Waals surface area contributed by atoms with Gasteiger partial charge in [0.05, 0.1) is 17.8 Å². The smallest absolute Gasteiger partial charge is 0.431 e. The standard InChI is InChI=1S/C16H11ClF4N2O5/c1-7(14(25)27-3)28-11-5-10(9(18)4-8(11)17)23-13(24)6-12(16(19,20)21)22(2)15(23)26/h4-6H,1H2,2-3H3. The van der Waals surface area contributed by atoms with E-state index in [1.807, 2.05) is 0 Å². The Balaban J connectivity index is 2.70. The molecule has 1 heterocycles. The van der Waals surface area contributed by atoms with E-state index in [-0.39, 0.29) is 26.0 Å². The maximum absolute atomic E-state index is 14.3. The lowest BCUT2D eigenvalue weighted by Gasteiger charge is -2.15. The van der Waals surface area contributed by atoms with E-state index < -0.39 is 46.4 Å². The van der Waals surface area contributed by atoms with Crippen molar-refractivity contribution in [2.75, 3.05) is 7.11 Å². The largest absolute Gasteiger partial charge is 0.463 e. The summed E-state index contributed by atoms with van der Waals surface area (Å²) in [6, 6.07) is 1.56. The zero-order valence-corrected chi connectivity index (χ0v) is 15.0. The molecule has 28 heavy (non-hydrogen) atoms. The minimum absolute atomic E-state index is 0.142. The first-order valence-electron chi connectivity index (χ1n) is 7.23. The predicted octanol–water partition coefficient (Wildman–Crippen LogP) is 2.41. The first kappa shape index (κ1) is 21.2. The van der Waals surface area contributed by atoms with Crippen LogP contribution in [0.15, 0.2) is 40.1 Å². The molecule has 2 rings (SSSR count). The number of hydrogen-bond acceptors (Lipinski definition) is 5. The number of alkyl halides is 3. The number of nitrogens with zero attached hydrogens (tertiary/aromatic N) is 2. The third-order valence-electron chi connectivity index (χ3n) is 3.50. The molecule has 0 fully saturated rings. The minimum Gasteiger partial charge on any atom is -0.463 e. The Morgan fingerprint density at radius 3 is 2.36 bits per heavy atom. The zero-order valence-electron chi connectivity index (χ0n) is 14.3. The number of halogens is 5. The average molecular weight is 423 g/mol. The molecule has 150 valence electrons. The van der Waals surface area contributed by atoms with Crippen molar-refractivity contribution < 1.29 is 31.8 Å². The van der Waals surface area contributed by atoms with Gasteiger partial charge in [-0.05, 0) is 12.6 Å². The van der Waals surface area contributed by atoms with E-state index in [1.165, 1.54) is 0 Å². The lowest BCUT2D eigenvalue weighted by atomic mass is 10.2. The normalized spacial score (nSPS) is 11.2. The molecule has 0 amide bonds. The van der Waals surface area contributed by atoms with Gasteiger partial charge < -0.3 is 9.47 Å². The van der Waals surface area contributed by atoms with Crippen molar-refractivity contribution in [1.82, 2.24) is 9.13 Å². The number of carbonyl (C=O) groups excluding carboxylic acids is 1. The fourth-order valence-electron chi connectivity index (χ4n) is 2.18. The van der Waals surface area contributed by atoms with E-state index >= 15 is 0 Å². The molecule has 0 aliphatic heterocycles. The third-order valence-corrected chi connectivity index (χ3v) is 3.79. The molecule has 0 saturated carbocycles. The molecular weight excluding hydrogens is 412 g/mol. The molecule has 7 nitrogen and oxygen atoms in total. The van der Waals surface area contributed by atoms with Gasteiger partial charge in [-0.25, -0.2) is 18.5 Å². The van der Waals surface area contributed by atoms with Gasteiger partial charge in [0.25, 0.3) is 5.56 Å². The van der Waals surface area contributed by atoms with Crippen LogP contribution in [0.5, 0.6) is 5.75 Å². The van der Waals surface area contributed by atoms with Crippen molar-refractivity contribution in [2.45, 2.75) is 6.18 Å². The topological polar surface area (TPSA) is 79.5 Å². The molecule has 12 heteroatoms. The SMILES string of the molecule is C=C(Oc1cc(-n2c(=O)cc(C(F)(F)F)n(C)c2=O)c(F)cc1Cl)C(=O)OC. The van der Waals surface area contributed by atoms with Gasteiger partial charge in [-0.2, -0.15) is 13.2 Å². The Morgan fingerprint density at radius 1 is 1.21 bits per heavy atom. The number of hydrogen-bond donors (Lipinski definition) is 0. The number of carbonyl (C=O) groups is 1. The van der Waals surface area contributed by atoms with Gasteiger partial charge in [0.2, 0.25) is 5.76 Å². The highest BCUT2D eigenvalue weighted by Crippen LogP contribution is 2.31. The Bertz CT molecular complexity index is 1090. The summed E-state index contributed by atoms with van der Waals surface area (Å²) in [7, 11) is 1.81. The maximum atomic E-state index is 14.3. The Hall–Kier alpha value is -3.08. The summed E-state index contributed by atoms with van der Waals surface area (Å²) in [4.78, 5) is 35.7. The molecule has 1 aromatic carbocycles. The highest BCUT2D eigenvalue weighted by molar-refractivity contribution is 6.32. The van der Waals surface area contributed by atoms with Gasteiger partial charge in [0.15, 0.2) is 0 Å². The van der Waals surface area contributed by atoms with E-state index in [4.69, 9.17) is 16.3 Å². The fourth-order valence-corrected chi connectivity index (χ4v) is 2.36. The highest BCUT2D eigenvalue weighted by atomic mass is 35.5. The van der Waals surface area contributed by atoms with Crippen LogP contribution in [0.1, 0.15) is 5.69 Å². The first-order valence-corrected chi connectivity index (χ1v) is 7.61. The van der Waals surface area contributed by atoms with Crippen LogP contribution in [0.3, 0.4) is 0 Å². The van der Waals surface area contributed by atoms with E-state index in [0.717, 1.165) is 20.2 Å². The molecule has 1 aromatic heterocycles. The number of rotatable bonds is 4. The molecule has 0 radical (unpaired) electrons. The summed E-state index contributed by atoms with van der Waals surface area (Å²) < 4.78 is 62.8. The molecule has 0 atom stereocenters. The lowest BCUT2D eigenvalue weighted by Crippen LogP contribution is -2.41. The monoisotopic (exact) mass is 422 g/mol. The van der Waals surface area contributed by atoms with Crippen LogP contribution in [0.4, 0.5) is 17.6 Å². The Kier molecular flexibility index (Phi) is 5.69. The number of esters is 1. The molecule has 2 aromatic rings. The molecule has 0 aliphatic rings. The van der Waals surface area contributed by atoms with Crippen molar-refractivity contribution in [3.63, 3.8) is 0 Å². The second kappa shape index (κ2) is 7.50. The van der Waals surface area contributed by atoms with Crippen molar-refractivity contribution in [3.8, 4) is 11.4 Å². The summed E-state index contributed by atoms with van der Waals surface area (Å²) in [6.45, 7) is 3.27. The van der Waals surface area contributed by atoms with Gasteiger partial charge in [-0.1, -0.05) is 11.6 Å². The first-order chi connectivity index (χ1) is 12.9. The van der Waals surface area contributed by atoms with E-state index in [1.54, 1.807) is 0 Å². The molecule has 0 spiro atoms. The van der Waals surface area contributed by atoms with Gasteiger partial charge in [-0.15, -0.1) is 0 Å². The fraction of sp³-hybridized carbons (Fsp3) is 0.188. The minimum atomic E-state index is -4.97. The van der Waals surface area contributed by atoms with Gasteiger partial charge in [0, 0.05) is 19.2 Å². The van der Waals surface area contributed by atoms with Crippen LogP contribution in [0.2, 0.25) is 5.02 Å².